The quantitative estimate of drug-likeness (QED) is 0.697. The number of carbonyl (C=O) groups excluding carboxylic acids is 1. The minimum atomic E-state index is -0.417. The third-order valence-corrected chi connectivity index (χ3v) is 2.81. The van der Waals surface area contributed by atoms with E-state index < -0.39 is 5.41 Å². The minimum absolute atomic E-state index is 0.152. The van der Waals surface area contributed by atoms with E-state index in [1.807, 2.05) is 31.4 Å². The number of thiophene rings is 1. The van der Waals surface area contributed by atoms with Crippen LogP contribution >= 0.6 is 11.3 Å². The lowest BCUT2D eigenvalue weighted by Crippen LogP contribution is -2.27. The Morgan fingerprint density at radius 3 is 2.77 bits per heavy atom. The first-order valence-corrected chi connectivity index (χ1v) is 5.05. The number of hydrogen-bond acceptors (Lipinski definition) is 3. The third kappa shape index (κ3) is 2.56. The summed E-state index contributed by atoms with van der Waals surface area (Å²) in [6.45, 7) is 3.80. The second-order valence-corrected chi connectivity index (χ2v) is 4.66. The molecule has 72 valence electrons. The van der Waals surface area contributed by atoms with Gasteiger partial charge in [0.2, 0.25) is 0 Å². The van der Waals surface area contributed by atoms with Gasteiger partial charge in [-0.05, 0) is 31.7 Å². The van der Waals surface area contributed by atoms with Gasteiger partial charge in [-0.25, -0.2) is 0 Å². The van der Waals surface area contributed by atoms with E-state index in [1.165, 1.54) is 12.0 Å². The average molecular weight is 198 g/mol. The van der Waals surface area contributed by atoms with Crippen LogP contribution in [0.4, 0.5) is 0 Å². The average Bonchev–Trinajstić information content (AvgIpc) is 2.54. The molecule has 0 aromatic carbocycles. The van der Waals surface area contributed by atoms with Crippen LogP contribution in [0.5, 0.6) is 0 Å². The van der Waals surface area contributed by atoms with Crippen molar-refractivity contribution in [2.24, 2.45) is 5.41 Å². The predicted octanol–water partition coefficient (Wildman–Crippen LogP) is 2.49. The molecule has 0 aliphatic carbocycles. The topological polar surface area (TPSA) is 26.3 Å². The second-order valence-electron chi connectivity index (χ2n) is 3.63. The molecule has 1 rings (SSSR count). The summed E-state index contributed by atoms with van der Waals surface area (Å²) in [7, 11) is 1.43. The molecule has 0 aliphatic heterocycles. The van der Waals surface area contributed by atoms with Crippen LogP contribution in [0.2, 0.25) is 0 Å². The molecule has 3 heteroatoms. The van der Waals surface area contributed by atoms with Crippen molar-refractivity contribution in [3.8, 4) is 0 Å². The lowest BCUT2D eigenvalue weighted by molar-refractivity contribution is -0.150. The Labute approximate surface area is 82.5 Å². The first-order chi connectivity index (χ1) is 6.06. The molecule has 0 aliphatic rings. The lowest BCUT2D eigenvalue weighted by atomic mass is 9.89. The van der Waals surface area contributed by atoms with Gasteiger partial charge in [0.1, 0.15) is 0 Å². The molecule has 0 saturated carbocycles. The van der Waals surface area contributed by atoms with E-state index in [1.54, 1.807) is 11.3 Å². The van der Waals surface area contributed by atoms with Gasteiger partial charge in [-0.3, -0.25) is 4.79 Å². The van der Waals surface area contributed by atoms with E-state index in [0.29, 0.717) is 0 Å². The Kier molecular flexibility index (Phi) is 3.09. The molecular weight excluding hydrogens is 184 g/mol. The van der Waals surface area contributed by atoms with Crippen molar-refractivity contribution < 1.29 is 9.53 Å². The molecule has 1 heterocycles. The third-order valence-electron chi connectivity index (χ3n) is 1.93. The zero-order chi connectivity index (χ0) is 9.90. The van der Waals surface area contributed by atoms with Gasteiger partial charge in [-0.1, -0.05) is 6.07 Å². The number of hydrogen-bond donors (Lipinski definition) is 0. The van der Waals surface area contributed by atoms with E-state index in [-0.39, 0.29) is 5.97 Å². The largest absolute Gasteiger partial charge is 0.469 e. The molecule has 0 spiro atoms. The Balaban J connectivity index is 2.67. The predicted molar refractivity (Wildman–Crippen MR) is 53.8 cm³/mol. The summed E-state index contributed by atoms with van der Waals surface area (Å²) in [6, 6.07) is 4.03. The number of ether oxygens (including phenoxy) is 1. The van der Waals surface area contributed by atoms with Gasteiger partial charge >= 0.3 is 5.97 Å². The van der Waals surface area contributed by atoms with E-state index in [2.05, 4.69) is 0 Å². The highest BCUT2D eigenvalue weighted by Crippen LogP contribution is 2.25. The maximum Gasteiger partial charge on any atom is 0.311 e. The first-order valence-electron chi connectivity index (χ1n) is 4.17. The normalized spacial score (nSPS) is 11.3. The molecule has 0 bridgehead atoms. The highest BCUT2D eigenvalue weighted by atomic mass is 32.1. The Hall–Kier alpha value is -0.830. The monoisotopic (exact) mass is 198 g/mol. The number of methoxy groups -OCH3 is 1. The zero-order valence-corrected chi connectivity index (χ0v) is 8.98. The molecule has 2 nitrogen and oxygen atoms in total. The molecule has 0 N–H and O–H groups in total. The van der Waals surface area contributed by atoms with E-state index in [4.69, 9.17) is 4.74 Å². The van der Waals surface area contributed by atoms with Crippen LogP contribution in [0.1, 0.15) is 18.7 Å². The fourth-order valence-corrected chi connectivity index (χ4v) is 2.13. The fourth-order valence-electron chi connectivity index (χ4n) is 1.20. The minimum Gasteiger partial charge on any atom is -0.469 e. The van der Waals surface area contributed by atoms with Crippen molar-refractivity contribution in [3.05, 3.63) is 22.4 Å². The second kappa shape index (κ2) is 3.92. The van der Waals surface area contributed by atoms with Crippen LogP contribution in [-0.2, 0) is 16.0 Å². The summed E-state index contributed by atoms with van der Waals surface area (Å²) >= 11 is 1.67. The summed E-state index contributed by atoms with van der Waals surface area (Å²) in [5.41, 5.74) is -0.417. The van der Waals surface area contributed by atoms with E-state index >= 15 is 0 Å². The SMILES string of the molecule is COC(=O)C(C)(C)Cc1cccs1. The Morgan fingerprint density at radius 1 is 1.62 bits per heavy atom. The van der Waals surface area contributed by atoms with E-state index in [0.717, 1.165) is 6.42 Å². The van der Waals surface area contributed by atoms with Crippen molar-refractivity contribution >= 4 is 17.3 Å². The Morgan fingerprint density at radius 2 is 2.31 bits per heavy atom. The van der Waals surface area contributed by atoms with Crippen molar-refractivity contribution in [2.45, 2.75) is 20.3 Å². The van der Waals surface area contributed by atoms with E-state index in [9.17, 15) is 4.79 Å². The smallest absolute Gasteiger partial charge is 0.311 e. The van der Waals surface area contributed by atoms with Crippen LogP contribution < -0.4 is 0 Å². The van der Waals surface area contributed by atoms with Gasteiger partial charge in [-0.2, -0.15) is 0 Å². The molecule has 1 aromatic heterocycles. The van der Waals surface area contributed by atoms with Crippen molar-refractivity contribution in [3.63, 3.8) is 0 Å². The van der Waals surface area contributed by atoms with Crippen molar-refractivity contribution in [1.29, 1.82) is 0 Å². The fraction of sp³-hybridized carbons (Fsp3) is 0.500. The standard InChI is InChI=1S/C10H14O2S/c1-10(2,9(11)12-3)7-8-5-4-6-13-8/h4-6H,7H2,1-3H3. The first kappa shape index (κ1) is 10.3. The number of rotatable bonds is 3. The van der Waals surface area contributed by atoms with Gasteiger partial charge < -0.3 is 4.74 Å². The molecule has 13 heavy (non-hydrogen) atoms. The van der Waals surface area contributed by atoms with Gasteiger partial charge in [0.15, 0.2) is 0 Å². The highest BCUT2D eigenvalue weighted by Gasteiger charge is 2.29. The summed E-state index contributed by atoms with van der Waals surface area (Å²) in [6.07, 6.45) is 0.747. The molecule has 0 amide bonds. The summed E-state index contributed by atoms with van der Waals surface area (Å²) < 4.78 is 4.73. The molecule has 0 saturated heterocycles. The van der Waals surface area contributed by atoms with Crippen LogP contribution in [0.3, 0.4) is 0 Å². The zero-order valence-electron chi connectivity index (χ0n) is 8.16. The Bertz CT molecular complexity index is 275. The van der Waals surface area contributed by atoms with Crippen LogP contribution in [0.15, 0.2) is 17.5 Å². The summed E-state index contributed by atoms with van der Waals surface area (Å²) in [5.74, 6) is -0.152. The molecule has 0 radical (unpaired) electrons. The van der Waals surface area contributed by atoms with Crippen molar-refractivity contribution in [2.75, 3.05) is 7.11 Å². The van der Waals surface area contributed by atoms with Crippen LogP contribution in [0.25, 0.3) is 0 Å². The van der Waals surface area contributed by atoms with Crippen LogP contribution in [-0.4, -0.2) is 13.1 Å². The summed E-state index contributed by atoms with van der Waals surface area (Å²) in [4.78, 5) is 12.6. The number of carbonyl (C=O) groups is 1. The summed E-state index contributed by atoms with van der Waals surface area (Å²) in [5, 5.41) is 2.02. The lowest BCUT2D eigenvalue weighted by Gasteiger charge is -2.20. The van der Waals surface area contributed by atoms with Crippen LogP contribution in [0, 0.1) is 5.41 Å². The molecule has 0 unspecified atom stereocenters. The van der Waals surface area contributed by atoms with Gasteiger partial charge in [-0.15, -0.1) is 11.3 Å². The molecular formula is C10H14O2S. The van der Waals surface area contributed by atoms with Gasteiger partial charge in [0.05, 0.1) is 12.5 Å². The van der Waals surface area contributed by atoms with Gasteiger partial charge in [0.25, 0.3) is 0 Å². The molecule has 1 aromatic rings. The maximum absolute atomic E-state index is 11.3. The van der Waals surface area contributed by atoms with Crippen molar-refractivity contribution in [1.82, 2.24) is 0 Å². The molecule has 0 fully saturated rings. The van der Waals surface area contributed by atoms with Gasteiger partial charge in [0, 0.05) is 4.88 Å². The maximum atomic E-state index is 11.3. The number of esters is 1. The highest BCUT2D eigenvalue weighted by molar-refractivity contribution is 7.09. The molecule has 0 atom stereocenters.